The summed E-state index contributed by atoms with van der Waals surface area (Å²) in [7, 11) is -3.15. The van der Waals surface area contributed by atoms with Gasteiger partial charge in [-0.05, 0) is 31.4 Å². The van der Waals surface area contributed by atoms with E-state index in [4.69, 9.17) is 4.74 Å². The van der Waals surface area contributed by atoms with Crippen molar-refractivity contribution in [3.63, 3.8) is 0 Å². The van der Waals surface area contributed by atoms with Gasteiger partial charge >= 0.3 is 6.03 Å². The van der Waals surface area contributed by atoms with Crippen molar-refractivity contribution in [1.82, 2.24) is 5.32 Å². The second kappa shape index (κ2) is 7.11. The average Bonchev–Trinajstić information content (AvgIpc) is 2.37. The van der Waals surface area contributed by atoms with E-state index in [0.29, 0.717) is 17.9 Å². The summed E-state index contributed by atoms with van der Waals surface area (Å²) in [6.45, 7) is 2.63. The number of nitrogens with one attached hydrogen (secondary N) is 2. The fourth-order valence-electron chi connectivity index (χ4n) is 2.45. The molecule has 1 fully saturated rings. The average molecular weight is 326 g/mol. The molecule has 0 bridgehead atoms. The summed E-state index contributed by atoms with van der Waals surface area (Å²) in [5, 5.41) is 5.59. The molecule has 1 aliphatic rings. The number of sulfone groups is 1. The van der Waals surface area contributed by atoms with Gasteiger partial charge in [0.2, 0.25) is 0 Å². The van der Waals surface area contributed by atoms with E-state index in [-0.39, 0.29) is 23.9 Å². The van der Waals surface area contributed by atoms with Gasteiger partial charge in [0.05, 0.1) is 11.9 Å². The predicted molar refractivity (Wildman–Crippen MR) is 85.6 cm³/mol. The van der Waals surface area contributed by atoms with E-state index in [1.807, 2.05) is 6.92 Å². The molecule has 122 valence electrons. The van der Waals surface area contributed by atoms with Crippen molar-refractivity contribution in [2.75, 3.05) is 18.2 Å². The first-order chi connectivity index (χ1) is 10.4. The van der Waals surface area contributed by atoms with Crippen molar-refractivity contribution in [3.8, 4) is 0 Å². The van der Waals surface area contributed by atoms with Gasteiger partial charge in [0.1, 0.15) is 0 Å². The van der Waals surface area contributed by atoms with Crippen molar-refractivity contribution in [3.05, 3.63) is 29.8 Å². The van der Waals surface area contributed by atoms with Gasteiger partial charge < -0.3 is 15.4 Å². The Balaban J connectivity index is 1.90. The predicted octanol–water partition coefficient (Wildman–Crippen LogP) is 1.92. The van der Waals surface area contributed by atoms with Crippen LogP contribution >= 0.6 is 0 Å². The SMILES string of the molecule is CCOC1CC(NC(=O)Nc2ccccc2CS(C)(=O)=O)C1. The number of benzene rings is 1. The smallest absolute Gasteiger partial charge is 0.319 e. The molecule has 0 aromatic heterocycles. The number of rotatable bonds is 6. The lowest BCUT2D eigenvalue weighted by molar-refractivity contribution is -0.00673. The van der Waals surface area contributed by atoms with E-state index < -0.39 is 9.84 Å². The number of urea groups is 1. The maximum absolute atomic E-state index is 12.0. The summed E-state index contributed by atoms with van der Waals surface area (Å²) in [5.74, 6) is -0.0979. The molecule has 1 aromatic rings. The van der Waals surface area contributed by atoms with Crippen LogP contribution in [0, 0.1) is 0 Å². The molecular formula is C15H22N2O4S. The van der Waals surface area contributed by atoms with Crippen LogP contribution in [0.2, 0.25) is 0 Å². The molecule has 1 aromatic carbocycles. The molecule has 0 saturated heterocycles. The highest BCUT2D eigenvalue weighted by Gasteiger charge is 2.30. The van der Waals surface area contributed by atoms with Crippen LogP contribution in [-0.2, 0) is 20.3 Å². The zero-order valence-electron chi connectivity index (χ0n) is 12.8. The minimum Gasteiger partial charge on any atom is -0.378 e. The van der Waals surface area contributed by atoms with Crippen LogP contribution in [0.3, 0.4) is 0 Å². The lowest BCUT2D eigenvalue weighted by atomic mass is 9.89. The Labute approximate surface area is 131 Å². The molecule has 2 amide bonds. The Bertz CT molecular complexity index is 624. The van der Waals surface area contributed by atoms with E-state index in [2.05, 4.69) is 10.6 Å². The van der Waals surface area contributed by atoms with Crippen LogP contribution in [0.1, 0.15) is 25.3 Å². The Morgan fingerprint density at radius 3 is 2.64 bits per heavy atom. The van der Waals surface area contributed by atoms with Crippen LogP contribution in [0.4, 0.5) is 10.5 Å². The van der Waals surface area contributed by atoms with Crippen molar-refractivity contribution >= 4 is 21.6 Å². The fourth-order valence-corrected chi connectivity index (χ4v) is 3.27. The summed E-state index contributed by atoms with van der Waals surface area (Å²) in [6, 6.07) is 6.70. The third kappa shape index (κ3) is 4.99. The normalized spacial score (nSPS) is 21.0. The lowest BCUT2D eigenvalue weighted by Crippen LogP contribution is -2.49. The number of anilines is 1. The first kappa shape index (κ1) is 16.8. The number of carbonyl (C=O) groups excluding carboxylic acids is 1. The monoisotopic (exact) mass is 326 g/mol. The zero-order chi connectivity index (χ0) is 16.2. The highest BCUT2D eigenvalue weighted by molar-refractivity contribution is 7.89. The van der Waals surface area contributed by atoms with Crippen LogP contribution in [0.15, 0.2) is 24.3 Å². The van der Waals surface area contributed by atoms with Crippen LogP contribution in [0.5, 0.6) is 0 Å². The van der Waals surface area contributed by atoms with Crippen molar-refractivity contribution in [1.29, 1.82) is 0 Å². The highest BCUT2D eigenvalue weighted by atomic mass is 32.2. The van der Waals surface area contributed by atoms with Gasteiger partial charge in [0.15, 0.2) is 9.84 Å². The van der Waals surface area contributed by atoms with E-state index in [0.717, 1.165) is 12.8 Å². The van der Waals surface area contributed by atoms with E-state index in [9.17, 15) is 13.2 Å². The van der Waals surface area contributed by atoms with Crippen molar-refractivity contribution in [2.45, 2.75) is 37.7 Å². The molecule has 6 nitrogen and oxygen atoms in total. The third-order valence-electron chi connectivity index (χ3n) is 3.52. The number of carbonyl (C=O) groups is 1. The van der Waals surface area contributed by atoms with E-state index >= 15 is 0 Å². The first-order valence-electron chi connectivity index (χ1n) is 7.32. The minimum absolute atomic E-state index is 0.0979. The quantitative estimate of drug-likeness (QED) is 0.836. The molecule has 1 aliphatic carbocycles. The Morgan fingerprint density at radius 1 is 1.32 bits per heavy atom. The Kier molecular flexibility index (Phi) is 5.42. The zero-order valence-corrected chi connectivity index (χ0v) is 13.7. The summed E-state index contributed by atoms with van der Waals surface area (Å²) in [5.41, 5.74) is 1.10. The summed E-state index contributed by atoms with van der Waals surface area (Å²) in [6.07, 6.45) is 3.03. The van der Waals surface area contributed by atoms with Gasteiger partial charge in [0, 0.05) is 24.6 Å². The van der Waals surface area contributed by atoms with Gasteiger partial charge in [-0.15, -0.1) is 0 Å². The van der Waals surface area contributed by atoms with Crippen LogP contribution in [-0.4, -0.2) is 39.5 Å². The maximum Gasteiger partial charge on any atom is 0.319 e. The third-order valence-corrected chi connectivity index (χ3v) is 4.35. The molecule has 0 spiro atoms. The Morgan fingerprint density at radius 2 is 2.00 bits per heavy atom. The first-order valence-corrected chi connectivity index (χ1v) is 9.38. The maximum atomic E-state index is 12.0. The molecule has 2 rings (SSSR count). The number of hydrogen-bond acceptors (Lipinski definition) is 4. The van der Waals surface area contributed by atoms with Crippen LogP contribution in [0.25, 0.3) is 0 Å². The number of para-hydroxylation sites is 1. The van der Waals surface area contributed by atoms with Crippen molar-refractivity contribution in [2.24, 2.45) is 0 Å². The van der Waals surface area contributed by atoms with Gasteiger partial charge in [-0.1, -0.05) is 18.2 Å². The van der Waals surface area contributed by atoms with Gasteiger partial charge in [-0.25, -0.2) is 13.2 Å². The number of ether oxygens (including phenoxy) is 1. The summed E-state index contributed by atoms with van der Waals surface area (Å²) < 4.78 is 28.3. The van der Waals surface area contributed by atoms with Gasteiger partial charge in [-0.2, -0.15) is 0 Å². The molecule has 0 aliphatic heterocycles. The molecule has 0 radical (unpaired) electrons. The van der Waals surface area contributed by atoms with Gasteiger partial charge in [-0.3, -0.25) is 0 Å². The highest BCUT2D eigenvalue weighted by Crippen LogP contribution is 2.23. The lowest BCUT2D eigenvalue weighted by Gasteiger charge is -2.35. The minimum atomic E-state index is -3.15. The second-order valence-corrected chi connectivity index (χ2v) is 7.71. The van der Waals surface area contributed by atoms with E-state index in [1.54, 1.807) is 24.3 Å². The molecule has 1 saturated carbocycles. The van der Waals surface area contributed by atoms with Gasteiger partial charge in [0.25, 0.3) is 0 Å². The topological polar surface area (TPSA) is 84.5 Å². The van der Waals surface area contributed by atoms with E-state index in [1.165, 1.54) is 6.26 Å². The summed E-state index contributed by atoms with van der Waals surface area (Å²) >= 11 is 0. The van der Waals surface area contributed by atoms with Crippen molar-refractivity contribution < 1.29 is 17.9 Å². The second-order valence-electron chi connectivity index (χ2n) is 5.57. The molecule has 2 N–H and O–H groups in total. The largest absolute Gasteiger partial charge is 0.378 e. The fraction of sp³-hybridized carbons (Fsp3) is 0.533. The molecule has 0 atom stereocenters. The van der Waals surface area contributed by atoms with Crippen LogP contribution < -0.4 is 10.6 Å². The number of amides is 2. The molecule has 0 unspecified atom stereocenters. The number of hydrogen-bond donors (Lipinski definition) is 2. The standard InChI is InChI=1S/C15H22N2O4S/c1-3-21-13-8-12(9-13)16-15(18)17-14-7-5-4-6-11(14)10-22(2,19)20/h4-7,12-13H,3,8-10H2,1-2H3,(H2,16,17,18). The molecule has 0 heterocycles. The molecular weight excluding hydrogens is 304 g/mol. The Hall–Kier alpha value is -1.60. The summed E-state index contributed by atoms with van der Waals surface area (Å²) in [4.78, 5) is 12.0. The molecule has 7 heteroatoms. The molecule has 22 heavy (non-hydrogen) atoms.